The van der Waals surface area contributed by atoms with Crippen LogP contribution < -0.4 is 10.2 Å². The van der Waals surface area contributed by atoms with Gasteiger partial charge in [0.05, 0.1) is 16.9 Å². The Bertz CT molecular complexity index is 1000. The van der Waals surface area contributed by atoms with E-state index in [2.05, 4.69) is 5.43 Å². The second-order valence-corrected chi connectivity index (χ2v) is 7.18. The van der Waals surface area contributed by atoms with Crippen molar-refractivity contribution in [3.63, 3.8) is 0 Å². The molecule has 1 heterocycles. The van der Waals surface area contributed by atoms with Gasteiger partial charge in [-0.2, -0.15) is 5.01 Å². The quantitative estimate of drug-likeness (QED) is 0.346. The van der Waals surface area contributed by atoms with Gasteiger partial charge < -0.3 is 4.74 Å². The molecule has 0 aromatic heterocycles. The van der Waals surface area contributed by atoms with Crippen LogP contribution >= 0.6 is 24.0 Å². The van der Waals surface area contributed by atoms with E-state index in [0.717, 1.165) is 16.8 Å². The zero-order chi connectivity index (χ0) is 20.3. The maximum atomic E-state index is 12.6. The van der Waals surface area contributed by atoms with E-state index in [1.165, 1.54) is 31.4 Å². The number of hydrogen-bond donors (Lipinski definition) is 1. The number of nitrogens with zero attached hydrogens (tertiary/aromatic N) is 2. The Morgan fingerprint density at radius 1 is 1.25 bits per heavy atom. The molecule has 0 atom stereocenters. The van der Waals surface area contributed by atoms with Crippen LogP contribution in [-0.2, 0) is 4.79 Å². The average Bonchev–Trinajstić information content (AvgIpc) is 2.95. The molecule has 8 nitrogen and oxygen atoms in total. The van der Waals surface area contributed by atoms with Gasteiger partial charge in [-0.25, -0.2) is 0 Å². The van der Waals surface area contributed by atoms with Crippen LogP contribution in [0.15, 0.2) is 53.4 Å². The van der Waals surface area contributed by atoms with Gasteiger partial charge in [0.1, 0.15) is 5.75 Å². The number of nitro benzene ring substituents is 1. The van der Waals surface area contributed by atoms with E-state index in [-0.39, 0.29) is 15.6 Å². The normalized spacial score (nSPS) is 15.0. The fourth-order valence-electron chi connectivity index (χ4n) is 2.39. The summed E-state index contributed by atoms with van der Waals surface area (Å²) in [6.45, 7) is 0. The Kier molecular flexibility index (Phi) is 5.71. The Labute approximate surface area is 169 Å². The monoisotopic (exact) mass is 415 g/mol. The molecule has 0 bridgehead atoms. The van der Waals surface area contributed by atoms with Gasteiger partial charge in [-0.05, 0) is 36.5 Å². The number of thioether (sulfide) groups is 1. The van der Waals surface area contributed by atoms with Crippen molar-refractivity contribution in [2.75, 3.05) is 7.11 Å². The van der Waals surface area contributed by atoms with Crippen molar-refractivity contribution in [1.82, 2.24) is 10.4 Å². The lowest BCUT2D eigenvalue weighted by molar-refractivity contribution is -0.384. The second-order valence-electron chi connectivity index (χ2n) is 5.50. The smallest absolute Gasteiger partial charge is 0.285 e. The van der Waals surface area contributed by atoms with Gasteiger partial charge in [0.25, 0.3) is 17.5 Å². The molecule has 2 amide bonds. The lowest BCUT2D eigenvalue weighted by Crippen LogP contribution is -2.44. The number of non-ortho nitro benzene ring substituents is 1. The van der Waals surface area contributed by atoms with E-state index in [9.17, 15) is 19.7 Å². The molecule has 0 aliphatic carbocycles. The third-order valence-corrected chi connectivity index (χ3v) is 5.08. The number of ether oxygens (including phenoxy) is 1. The number of amides is 2. The minimum Gasteiger partial charge on any atom is -0.496 e. The third kappa shape index (κ3) is 4.02. The number of rotatable bonds is 5. The van der Waals surface area contributed by atoms with Crippen molar-refractivity contribution in [1.29, 1.82) is 0 Å². The van der Waals surface area contributed by atoms with Crippen LogP contribution in [0.4, 0.5) is 5.69 Å². The van der Waals surface area contributed by atoms with E-state index in [0.29, 0.717) is 16.2 Å². The van der Waals surface area contributed by atoms with Crippen molar-refractivity contribution in [3.05, 3.63) is 74.7 Å². The lowest BCUT2D eigenvalue weighted by Gasteiger charge is -2.15. The average molecular weight is 415 g/mol. The first-order chi connectivity index (χ1) is 13.4. The van der Waals surface area contributed by atoms with Crippen molar-refractivity contribution in [3.8, 4) is 5.75 Å². The molecule has 28 heavy (non-hydrogen) atoms. The zero-order valence-electron chi connectivity index (χ0n) is 14.4. The fraction of sp³-hybridized carbons (Fsp3) is 0.0556. The van der Waals surface area contributed by atoms with Gasteiger partial charge in [0, 0.05) is 23.3 Å². The highest BCUT2D eigenvalue weighted by atomic mass is 32.2. The molecule has 0 spiro atoms. The number of nitrogens with one attached hydrogen (secondary N) is 1. The summed E-state index contributed by atoms with van der Waals surface area (Å²) in [6, 6.07) is 12.2. The third-order valence-electron chi connectivity index (χ3n) is 3.77. The van der Waals surface area contributed by atoms with Crippen LogP contribution in [0.5, 0.6) is 5.75 Å². The number of carbonyl (C=O) groups is 2. The number of para-hydroxylation sites is 1. The van der Waals surface area contributed by atoms with E-state index in [1.54, 1.807) is 18.2 Å². The summed E-state index contributed by atoms with van der Waals surface area (Å²) >= 11 is 6.24. The molecule has 3 rings (SSSR count). The highest BCUT2D eigenvalue weighted by molar-refractivity contribution is 8.26. The molecule has 0 unspecified atom stereocenters. The molecular weight excluding hydrogens is 402 g/mol. The van der Waals surface area contributed by atoms with E-state index >= 15 is 0 Å². The molecule has 2 aromatic carbocycles. The van der Waals surface area contributed by atoms with Crippen LogP contribution in [0.25, 0.3) is 6.08 Å². The molecule has 1 fully saturated rings. The first-order valence-electron chi connectivity index (χ1n) is 7.87. The Balaban J connectivity index is 1.77. The number of benzene rings is 2. The van der Waals surface area contributed by atoms with Crippen LogP contribution in [-0.4, -0.2) is 33.2 Å². The number of carbonyl (C=O) groups excluding carboxylic acids is 2. The molecule has 1 aliphatic rings. The van der Waals surface area contributed by atoms with Crippen molar-refractivity contribution in [2.24, 2.45) is 0 Å². The summed E-state index contributed by atoms with van der Waals surface area (Å²) in [4.78, 5) is 35.5. The van der Waals surface area contributed by atoms with Crippen LogP contribution in [0.3, 0.4) is 0 Å². The summed E-state index contributed by atoms with van der Waals surface area (Å²) in [5, 5.41) is 11.7. The molecule has 1 N–H and O–H groups in total. The summed E-state index contributed by atoms with van der Waals surface area (Å²) in [5.74, 6) is -0.483. The molecule has 0 saturated carbocycles. The largest absolute Gasteiger partial charge is 0.496 e. The summed E-state index contributed by atoms with van der Waals surface area (Å²) in [7, 11) is 1.53. The van der Waals surface area contributed by atoms with E-state index < -0.39 is 16.7 Å². The number of nitro groups is 1. The molecule has 0 radical (unpaired) electrons. The van der Waals surface area contributed by atoms with Gasteiger partial charge >= 0.3 is 0 Å². The predicted octanol–water partition coefficient (Wildman–Crippen LogP) is 3.15. The number of hydrogen-bond acceptors (Lipinski definition) is 7. The molecule has 1 saturated heterocycles. The molecule has 1 aliphatic heterocycles. The highest BCUT2D eigenvalue weighted by Crippen LogP contribution is 2.33. The summed E-state index contributed by atoms with van der Waals surface area (Å²) < 4.78 is 5.43. The molecule has 10 heteroatoms. The Hall–Kier alpha value is -3.24. The van der Waals surface area contributed by atoms with Crippen LogP contribution in [0, 0.1) is 10.1 Å². The predicted molar refractivity (Wildman–Crippen MR) is 109 cm³/mol. The van der Waals surface area contributed by atoms with Gasteiger partial charge in [-0.15, -0.1) is 0 Å². The maximum absolute atomic E-state index is 12.6. The first kappa shape index (κ1) is 19.5. The number of methoxy groups -OCH3 is 1. The topological polar surface area (TPSA) is 102 Å². The summed E-state index contributed by atoms with van der Waals surface area (Å²) in [5.41, 5.74) is 3.15. The van der Waals surface area contributed by atoms with Gasteiger partial charge in [0.2, 0.25) is 0 Å². The van der Waals surface area contributed by atoms with Crippen molar-refractivity contribution in [2.45, 2.75) is 0 Å². The molecule has 142 valence electrons. The number of thiocarbonyl (C=S) groups is 1. The zero-order valence-corrected chi connectivity index (χ0v) is 16.1. The second kappa shape index (κ2) is 8.19. The van der Waals surface area contributed by atoms with Gasteiger partial charge in [0.15, 0.2) is 4.32 Å². The number of hydrazine groups is 1. The van der Waals surface area contributed by atoms with Gasteiger partial charge in [-0.3, -0.25) is 25.1 Å². The highest BCUT2D eigenvalue weighted by Gasteiger charge is 2.34. The minimum atomic E-state index is -0.607. The van der Waals surface area contributed by atoms with Crippen LogP contribution in [0.2, 0.25) is 0 Å². The SMILES string of the molecule is COc1ccccc1C=C1SC(=S)N(NC(=O)c2ccc([N+](=O)[O-])cc2)C1=O. The lowest BCUT2D eigenvalue weighted by atomic mass is 10.2. The van der Waals surface area contributed by atoms with Crippen LogP contribution in [0.1, 0.15) is 15.9 Å². The Morgan fingerprint density at radius 2 is 1.93 bits per heavy atom. The maximum Gasteiger partial charge on any atom is 0.285 e. The van der Waals surface area contributed by atoms with E-state index in [1.807, 2.05) is 12.1 Å². The standard InChI is InChI=1S/C18H13N3O5S2/c1-26-14-5-3-2-4-12(14)10-15-17(23)20(18(27)28-15)19-16(22)11-6-8-13(9-7-11)21(24)25/h2-10H,1H3,(H,19,22). The minimum absolute atomic E-state index is 0.137. The first-order valence-corrected chi connectivity index (χ1v) is 9.09. The van der Waals surface area contributed by atoms with E-state index in [4.69, 9.17) is 17.0 Å². The van der Waals surface area contributed by atoms with Crippen molar-refractivity contribution >= 4 is 51.9 Å². The molecule has 2 aromatic rings. The summed E-state index contributed by atoms with van der Waals surface area (Å²) in [6.07, 6.45) is 1.64. The molecular formula is C18H13N3O5S2. The van der Waals surface area contributed by atoms with Crippen molar-refractivity contribution < 1.29 is 19.2 Å². The van der Waals surface area contributed by atoms with Gasteiger partial charge in [-0.1, -0.05) is 30.0 Å². The fourth-order valence-corrected chi connectivity index (χ4v) is 3.56. The Morgan fingerprint density at radius 3 is 2.57 bits per heavy atom.